The van der Waals surface area contributed by atoms with E-state index >= 15 is 0 Å². The zero-order valence-corrected chi connectivity index (χ0v) is 33.8. The van der Waals surface area contributed by atoms with E-state index in [-0.39, 0.29) is 19.2 Å². The van der Waals surface area contributed by atoms with Crippen molar-refractivity contribution >= 4 is 5.97 Å². The van der Waals surface area contributed by atoms with Crippen molar-refractivity contribution in [2.45, 2.75) is 243 Å². The highest BCUT2D eigenvalue weighted by Gasteiger charge is 2.44. The minimum atomic E-state index is -1.53. The Bertz CT molecular complexity index is 767. The second-order valence-corrected chi connectivity index (χ2v) is 15.5. The molecule has 0 aliphatic carbocycles. The molecule has 1 aliphatic heterocycles. The monoisotopic (exact) mass is 745 g/mol. The van der Waals surface area contributed by atoms with Gasteiger partial charge in [-0.1, -0.05) is 187 Å². The molecule has 4 N–H and O–H groups in total. The van der Waals surface area contributed by atoms with Crippen LogP contribution in [-0.2, 0) is 23.7 Å². The van der Waals surface area contributed by atoms with Crippen LogP contribution in [0, 0.1) is 0 Å². The Morgan fingerprint density at radius 3 is 1.37 bits per heavy atom. The summed E-state index contributed by atoms with van der Waals surface area (Å²) in [6.07, 6.45) is 30.7. The van der Waals surface area contributed by atoms with Gasteiger partial charge in [0, 0.05) is 13.0 Å². The molecule has 1 rings (SSSR count). The Morgan fingerprint density at radius 1 is 0.538 bits per heavy atom. The maximum atomic E-state index is 12.5. The van der Waals surface area contributed by atoms with Crippen LogP contribution in [-0.4, -0.2) is 89.6 Å². The van der Waals surface area contributed by atoms with Crippen molar-refractivity contribution in [2.24, 2.45) is 0 Å². The number of unbranched alkanes of at least 4 members (excludes halogenated alkanes) is 27. The first-order chi connectivity index (χ1) is 25.4. The van der Waals surface area contributed by atoms with Gasteiger partial charge in [-0.05, 0) is 12.8 Å². The van der Waals surface area contributed by atoms with Gasteiger partial charge in [-0.2, -0.15) is 0 Å². The van der Waals surface area contributed by atoms with Crippen LogP contribution in [0.3, 0.4) is 0 Å². The second-order valence-electron chi connectivity index (χ2n) is 15.5. The van der Waals surface area contributed by atoms with Crippen molar-refractivity contribution in [2.75, 3.05) is 26.4 Å². The molecule has 0 aromatic carbocycles. The van der Waals surface area contributed by atoms with Crippen LogP contribution in [0.1, 0.15) is 206 Å². The number of carbonyl (C=O) groups is 1. The third kappa shape index (κ3) is 26.9. The van der Waals surface area contributed by atoms with Crippen LogP contribution in [0.4, 0.5) is 0 Å². The summed E-state index contributed by atoms with van der Waals surface area (Å²) in [5.74, 6) is -0.327. The largest absolute Gasteiger partial charge is 0.457 e. The number of carbonyl (C=O) groups excluding carboxylic acids is 1. The molecule has 0 spiro atoms. The van der Waals surface area contributed by atoms with Crippen LogP contribution >= 0.6 is 0 Å². The molecule has 6 unspecified atom stereocenters. The quantitative estimate of drug-likeness (QED) is 0.0360. The van der Waals surface area contributed by atoms with Crippen LogP contribution < -0.4 is 0 Å². The average Bonchev–Trinajstić information content (AvgIpc) is 3.14. The summed E-state index contributed by atoms with van der Waals surface area (Å²) in [6.45, 7) is 4.47. The van der Waals surface area contributed by atoms with Crippen LogP contribution in [0.5, 0.6) is 0 Å². The summed E-state index contributed by atoms with van der Waals surface area (Å²) in [5.41, 5.74) is 0. The molecule has 0 aromatic heterocycles. The molecule has 0 amide bonds. The summed E-state index contributed by atoms with van der Waals surface area (Å²) < 4.78 is 22.6. The number of hydrogen-bond donors (Lipinski definition) is 4. The van der Waals surface area contributed by atoms with E-state index in [1.165, 1.54) is 148 Å². The van der Waals surface area contributed by atoms with Gasteiger partial charge in [-0.3, -0.25) is 4.79 Å². The minimum Gasteiger partial charge on any atom is -0.457 e. The SMILES string of the molecule is CCCCCCCCCCCCCCCCCCCCCCCCCCCOCC(COC1OC(CO)C(O)C(O)C1O)OC(=O)CCCCCC. The van der Waals surface area contributed by atoms with Gasteiger partial charge in [0.1, 0.15) is 30.5 Å². The van der Waals surface area contributed by atoms with E-state index in [0.717, 1.165) is 38.5 Å². The highest BCUT2D eigenvalue weighted by Crippen LogP contribution is 2.23. The molecule has 52 heavy (non-hydrogen) atoms. The lowest BCUT2D eigenvalue weighted by molar-refractivity contribution is -0.305. The first-order valence-corrected chi connectivity index (χ1v) is 22.1. The lowest BCUT2D eigenvalue weighted by Crippen LogP contribution is -2.59. The van der Waals surface area contributed by atoms with Crippen molar-refractivity contribution in [3.63, 3.8) is 0 Å². The molecule has 6 atom stereocenters. The summed E-state index contributed by atoms with van der Waals surface area (Å²) >= 11 is 0. The Balaban J connectivity index is 2.02. The van der Waals surface area contributed by atoms with Crippen molar-refractivity contribution in [3.8, 4) is 0 Å². The number of rotatable bonds is 38. The number of hydrogen-bond acceptors (Lipinski definition) is 9. The minimum absolute atomic E-state index is 0.108. The zero-order chi connectivity index (χ0) is 37.9. The lowest BCUT2D eigenvalue weighted by atomic mass is 9.99. The van der Waals surface area contributed by atoms with E-state index in [9.17, 15) is 25.2 Å². The van der Waals surface area contributed by atoms with Crippen molar-refractivity contribution in [1.29, 1.82) is 0 Å². The fourth-order valence-corrected chi connectivity index (χ4v) is 7.02. The fraction of sp³-hybridized carbons (Fsp3) is 0.977. The summed E-state index contributed by atoms with van der Waals surface area (Å²) in [4.78, 5) is 12.5. The molecule has 310 valence electrons. The van der Waals surface area contributed by atoms with Gasteiger partial charge in [-0.15, -0.1) is 0 Å². The van der Waals surface area contributed by atoms with Gasteiger partial charge in [0.2, 0.25) is 0 Å². The molecule has 0 saturated carbocycles. The third-order valence-electron chi connectivity index (χ3n) is 10.5. The van der Waals surface area contributed by atoms with E-state index in [1.54, 1.807) is 0 Å². The third-order valence-corrected chi connectivity index (χ3v) is 10.5. The normalized spacial score (nSPS) is 21.1. The maximum absolute atomic E-state index is 12.5. The Morgan fingerprint density at radius 2 is 0.942 bits per heavy atom. The summed E-state index contributed by atoms with van der Waals surface area (Å²) in [5, 5.41) is 39.8. The van der Waals surface area contributed by atoms with Crippen LogP contribution in [0.2, 0.25) is 0 Å². The summed E-state index contributed by atoms with van der Waals surface area (Å²) in [7, 11) is 0. The van der Waals surface area contributed by atoms with E-state index in [4.69, 9.17) is 18.9 Å². The van der Waals surface area contributed by atoms with Crippen LogP contribution in [0.15, 0.2) is 0 Å². The van der Waals surface area contributed by atoms with Gasteiger partial charge in [0.15, 0.2) is 6.29 Å². The van der Waals surface area contributed by atoms with Gasteiger partial charge in [0.25, 0.3) is 0 Å². The molecule has 1 aliphatic rings. The molecule has 0 bridgehead atoms. The van der Waals surface area contributed by atoms with Crippen molar-refractivity contribution in [1.82, 2.24) is 0 Å². The predicted molar refractivity (Wildman–Crippen MR) is 210 cm³/mol. The van der Waals surface area contributed by atoms with E-state index in [1.807, 2.05) is 0 Å². The van der Waals surface area contributed by atoms with Gasteiger partial charge in [0.05, 0.1) is 19.8 Å². The summed E-state index contributed by atoms with van der Waals surface area (Å²) in [6, 6.07) is 0. The van der Waals surface area contributed by atoms with Crippen LogP contribution in [0.25, 0.3) is 0 Å². The zero-order valence-electron chi connectivity index (χ0n) is 33.8. The number of aliphatic hydroxyl groups is 4. The maximum Gasteiger partial charge on any atom is 0.306 e. The van der Waals surface area contributed by atoms with Gasteiger partial charge in [-0.25, -0.2) is 0 Å². The second kappa shape index (κ2) is 35.9. The predicted octanol–water partition coefficient (Wildman–Crippen LogP) is 9.47. The molecule has 1 fully saturated rings. The molecule has 9 nitrogen and oxygen atoms in total. The molecule has 1 heterocycles. The smallest absolute Gasteiger partial charge is 0.306 e. The highest BCUT2D eigenvalue weighted by molar-refractivity contribution is 5.69. The van der Waals surface area contributed by atoms with E-state index in [2.05, 4.69) is 13.8 Å². The molecular weight excluding hydrogens is 660 g/mol. The molecule has 1 saturated heterocycles. The standard InChI is InChI=1S/C43H84O9/c1-3-5-7-9-10-11-12-13-14-15-16-17-18-19-20-21-22-23-24-25-26-27-28-29-31-33-49-35-37(51-39(45)32-30-8-6-4-2)36-50-43-42(48)41(47)40(46)38(34-44)52-43/h37-38,40-44,46-48H,3-36H2,1-2H3. The van der Waals surface area contributed by atoms with Gasteiger partial charge >= 0.3 is 5.97 Å². The topological polar surface area (TPSA) is 135 Å². The van der Waals surface area contributed by atoms with Gasteiger partial charge < -0.3 is 39.4 Å². The highest BCUT2D eigenvalue weighted by atomic mass is 16.7. The van der Waals surface area contributed by atoms with Crippen molar-refractivity contribution in [3.05, 3.63) is 0 Å². The fourth-order valence-electron chi connectivity index (χ4n) is 7.02. The average molecular weight is 745 g/mol. The number of esters is 1. The number of ether oxygens (including phenoxy) is 4. The first-order valence-electron chi connectivity index (χ1n) is 22.1. The molecule has 0 radical (unpaired) electrons. The Labute approximate surface area is 319 Å². The van der Waals surface area contributed by atoms with E-state index < -0.39 is 43.4 Å². The Hall–Kier alpha value is -0.810. The first kappa shape index (κ1) is 49.2. The molecular formula is C43H84O9. The van der Waals surface area contributed by atoms with E-state index in [0.29, 0.717) is 13.0 Å². The molecule has 0 aromatic rings. The number of aliphatic hydroxyl groups excluding tert-OH is 4. The van der Waals surface area contributed by atoms with Crippen molar-refractivity contribution < 1.29 is 44.2 Å². The lowest BCUT2D eigenvalue weighted by Gasteiger charge is -2.39. The molecule has 9 heteroatoms. The Kier molecular flexibility index (Phi) is 33.9.